The van der Waals surface area contributed by atoms with Gasteiger partial charge in [-0.05, 0) is 68.6 Å². The molecule has 3 rings (SSSR count). The van der Waals surface area contributed by atoms with Crippen LogP contribution in [-0.4, -0.2) is 28.6 Å². The van der Waals surface area contributed by atoms with Crippen LogP contribution in [0.5, 0.6) is 5.75 Å². The Balaban J connectivity index is 1.79. The largest absolute Gasteiger partial charge is 0.490 e. The first kappa shape index (κ1) is 20.9. The minimum atomic E-state index is -1.62. The minimum absolute atomic E-state index is 0.0622. The molecule has 0 bridgehead atoms. The lowest BCUT2D eigenvalue weighted by Crippen LogP contribution is -2.23. The summed E-state index contributed by atoms with van der Waals surface area (Å²) in [6.07, 6.45) is 8.33. The van der Waals surface area contributed by atoms with E-state index < -0.39 is 17.5 Å². The third-order valence-electron chi connectivity index (χ3n) is 5.16. The number of allylic oxidation sites excluding steroid dienone is 4. The zero-order chi connectivity index (χ0) is 20.1. The molecule has 0 saturated heterocycles. The summed E-state index contributed by atoms with van der Waals surface area (Å²) in [4.78, 5) is 11.2. The summed E-state index contributed by atoms with van der Waals surface area (Å²) in [7, 11) is 0. The van der Waals surface area contributed by atoms with Crippen LogP contribution in [0.15, 0.2) is 35.3 Å². The van der Waals surface area contributed by atoms with Crippen LogP contribution in [0.25, 0.3) is 5.57 Å². The first-order chi connectivity index (χ1) is 13.4. The van der Waals surface area contributed by atoms with Crippen LogP contribution >= 0.6 is 11.8 Å². The molecule has 2 aliphatic rings. The Morgan fingerprint density at radius 1 is 1.32 bits per heavy atom. The Morgan fingerprint density at radius 2 is 2.07 bits per heavy atom. The predicted octanol–water partition coefficient (Wildman–Crippen LogP) is 6.14. The highest BCUT2D eigenvalue weighted by Crippen LogP contribution is 2.45. The molecule has 0 aliphatic heterocycles. The molecule has 1 N–H and O–H groups in total. The molecule has 0 heterocycles. The number of alkyl halides is 1. The van der Waals surface area contributed by atoms with Gasteiger partial charge in [-0.25, -0.2) is 8.78 Å². The Morgan fingerprint density at radius 3 is 2.75 bits per heavy atom. The van der Waals surface area contributed by atoms with E-state index in [1.54, 1.807) is 24.3 Å². The van der Waals surface area contributed by atoms with E-state index in [-0.39, 0.29) is 18.9 Å². The molecule has 1 aromatic rings. The molecule has 1 saturated carbocycles. The van der Waals surface area contributed by atoms with E-state index in [0.717, 1.165) is 25.7 Å². The molecule has 6 heteroatoms. The van der Waals surface area contributed by atoms with Crippen molar-refractivity contribution in [3.05, 3.63) is 46.6 Å². The highest BCUT2D eigenvalue weighted by atomic mass is 32.2. The van der Waals surface area contributed by atoms with E-state index in [1.807, 2.05) is 0 Å². The fourth-order valence-corrected chi connectivity index (χ4v) is 4.78. The number of ether oxygens (including phenoxy) is 1. The normalized spacial score (nSPS) is 22.7. The van der Waals surface area contributed by atoms with Crippen LogP contribution in [0.1, 0.15) is 57.4 Å². The maximum absolute atomic E-state index is 15.3. The third-order valence-corrected chi connectivity index (χ3v) is 6.52. The molecule has 3 nitrogen and oxygen atoms in total. The van der Waals surface area contributed by atoms with E-state index in [2.05, 4.69) is 0 Å². The highest BCUT2D eigenvalue weighted by molar-refractivity contribution is 8.03. The van der Waals surface area contributed by atoms with Gasteiger partial charge in [0.1, 0.15) is 17.2 Å². The lowest BCUT2D eigenvalue weighted by molar-refractivity contribution is -0.137. The van der Waals surface area contributed by atoms with E-state index in [4.69, 9.17) is 9.84 Å². The summed E-state index contributed by atoms with van der Waals surface area (Å²) in [6, 6.07) is 4.76. The van der Waals surface area contributed by atoms with Crippen LogP contribution in [0, 0.1) is 5.82 Å². The van der Waals surface area contributed by atoms with Gasteiger partial charge in [0.2, 0.25) is 0 Å². The van der Waals surface area contributed by atoms with Gasteiger partial charge in [-0.1, -0.05) is 12.1 Å². The molecule has 0 aromatic heterocycles. The Kier molecular flexibility index (Phi) is 6.81. The summed E-state index contributed by atoms with van der Waals surface area (Å²) in [5.41, 5.74) is -0.680. The van der Waals surface area contributed by atoms with Crippen molar-refractivity contribution in [2.75, 3.05) is 5.75 Å². The molecule has 1 unspecified atom stereocenters. The van der Waals surface area contributed by atoms with Crippen LogP contribution in [0.3, 0.4) is 0 Å². The molecule has 1 fully saturated rings. The average molecular weight is 409 g/mol. The first-order valence-electron chi connectivity index (χ1n) is 9.77. The number of thioether (sulfide) groups is 1. The number of halogens is 2. The number of hydrogen-bond donors (Lipinski definition) is 1. The molecule has 2 aliphatic carbocycles. The van der Waals surface area contributed by atoms with Crippen LogP contribution < -0.4 is 4.74 Å². The van der Waals surface area contributed by atoms with Gasteiger partial charge in [-0.2, -0.15) is 0 Å². The second-order valence-electron chi connectivity index (χ2n) is 7.58. The van der Waals surface area contributed by atoms with E-state index >= 15 is 4.39 Å². The monoisotopic (exact) mass is 408 g/mol. The summed E-state index contributed by atoms with van der Waals surface area (Å²) >= 11 is 1.33. The van der Waals surface area contributed by atoms with Gasteiger partial charge in [0.25, 0.3) is 0 Å². The van der Waals surface area contributed by atoms with Gasteiger partial charge in [-0.15, -0.1) is 11.8 Å². The Hall–Kier alpha value is -1.82. The zero-order valence-electron chi connectivity index (χ0n) is 16.0. The van der Waals surface area contributed by atoms with Crippen molar-refractivity contribution in [2.45, 2.75) is 63.6 Å². The fraction of sp³-hybridized carbons (Fsp3) is 0.500. The van der Waals surface area contributed by atoms with Crippen LogP contribution in [0.2, 0.25) is 0 Å². The van der Waals surface area contributed by atoms with E-state index in [1.165, 1.54) is 24.8 Å². The first-order valence-corrected chi connectivity index (χ1v) is 10.8. The van der Waals surface area contributed by atoms with Gasteiger partial charge in [0.15, 0.2) is 0 Å². The number of carbonyl (C=O) groups is 1. The van der Waals surface area contributed by atoms with Crippen LogP contribution in [-0.2, 0) is 4.79 Å². The van der Waals surface area contributed by atoms with Crippen LogP contribution in [0.4, 0.5) is 8.78 Å². The van der Waals surface area contributed by atoms with Gasteiger partial charge in [-0.3, -0.25) is 4.79 Å². The molecular weight excluding hydrogens is 382 g/mol. The van der Waals surface area contributed by atoms with Crippen molar-refractivity contribution < 1.29 is 23.4 Å². The van der Waals surface area contributed by atoms with Gasteiger partial charge in [0, 0.05) is 17.7 Å². The summed E-state index contributed by atoms with van der Waals surface area (Å²) < 4.78 is 36.0. The molecule has 152 valence electrons. The maximum Gasteiger partial charge on any atom is 0.303 e. The zero-order valence-corrected chi connectivity index (χ0v) is 16.9. The number of benzene rings is 1. The second kappa shape index (κ2) is 9.12. The quantitative estimate of drug-likeness (QED) is 0.525. The number of carboxylic acid groups (broad SMARTS) is 1. The van der Waals surface area contributed by atoms with Gasteiger partial charge < -0.3 is 9.84 Å². The Bertz CT molecular complexity index is 780. The number of carboxylic acids is 1. The number of rotatable bonds is 8. The van der Waals surface area contributed by atoms with Crippen molar-refractivity contribution in [3.63, 3.8) is 0 Å². The van der Waals surface area contributed by atoms with Gasteiger partial charge in [0.05, 0.1) is 11.7 Å². The standard InChI is InChI=1S/C22H26F2O3S/c1-22(24)14-15(11-12-19(22)28-13-5-10-20(25)26)21-17(23)8-4-9-18(21)27-16-6-2-3-7-16/h4,8-9,11-12,16H,2-3,5-7,10,13-14H2,1H3,(H,25,26). The molecule has 0 amide bonds. The second-order valence-corrected chi connectivity index (χ2v) is 8.72. The maximum atomic E-state index is 15.3. The fourth-order valence-electron chi connectivity index (χ4n) is 3.73. The van der Waals surface area contributed by atoms with Crippen molar-refractivity contribution in [1.82, 2.24) is 0 Å². The van der Waals surface area contributed by atoms with Crippen molar-refractivity contribution >= 4 is 23.3 Å². The lowest BCUT2D eigenvalue weighted by Gasteiger charge is -2.29. The summed E-state index contributed by atoms with van der Waals surface area (Å²) in [6.45, 7) is 1.49. The van der Waals surface area contributed by atoms with Crippen molar-refractivity contribution in [2.24, 2.45) is 0 Å². The molecular formula is C22H26F2O3S. The van der Waals surface area contributed by atoms with E-state index in [9.17, 15) is 9.18 Å². The molecule has 0 radical (unpaired) electrons. The number of aliphatic carboxylic acids is 1. The smallest absolute Gasteiger partial charge is 0.303 e. The average Bonchev–Trinajstić information content (AvgIpc) is 3.12. The summed E-state index contributed by atoms with van der Waals surface area (Å²) in [5.74, 6) is -0.225. The van der Waals surface area contributed by atoms with E-state index in [0.29, 0.717) is 34.0 Å². The molecule has 1 aromatic carbocycles. The molecule has 28 heavy (non-hydrogen) atoms. The Labute approximate surface area is 168 Å². The molecule has 1 atom stereocenters. The topological polar surface area (TPSA) is 46.5 Å². The molecule has 0 spiro atoms. The van der Waals surface area contributed by atoms with Gasteiger partial charge >= 0.3 is 5.97 Å². The lowest BCUT2D eigenvalue weighted by atomic mass is 9.88. The minimum Gasteiger partial charge on any atom is -0.490 e. The van der Waals surface area contributed by atoms with Crippen molar-refractivity contribution in [1.29, 1.82) is 0 Å². The number of hydrogen-bond acceptors (Lipinski definition) is 3. The SMILES string of the molecule is CC1(F)CC(c2c(F)cccc2OC2CCCC2)=CC=C1SCCCC(=O)O. The predicted molar refractivity (Wildman–Crippen MR) is 109 cm³/mol. The third kappa shape index (κ3) is 5.16. The summed E-state index contributed by atoms with van der Waals surface area (Å²) in [5, 5.41) is 8.71. The van der Waals surface area contributed by atoms with Crippen molar-refractivity contribution in [3.8, 4) is 5.75 Å². The highest BCUT2D eigenvalue weighted by Gasteiger charge is 2.34.